The number of aromatic carboxylic acids is 1. The lowest BCUT2D eigenvalue weighted by Crippen LogP contribution is -2.08. The third-order valence-corrected chi connectivity index (χ3v) is 3.35. The molecule has 0 aliphatic heterocycles. The molecule has 4 nitrogen and oxygen atoms in total. The van der Waals surface area contributed by atoms with Crippen molar-refractivity contribution in [3.8, 4) is 0 Å². The van der Waals surface area contributed by atoms with E-state index in [2.05, 4.69) is 17.3 Å². The summed E-state index contributed by atoms with van der Waals surface area (Å²) in [6, 6.07) is 5.26. The highest BCUT2D eigenvalue weighted by Gasteiger charge is 2.13. The first kappa shape index (κ1) is 12.4. The zero-order valence-electron chi connectivity index (χ0n) is 10.8. The van der Waals surface area contributed by atoms with Gasteiger partial charge in [-0.25, -0.2) is 4.79 Å². The maximum absolute atomic E-state index is 11.2. The second kappa shape index (κ2) is 5.17. The molecule has 0 saturated carbocycles. The van der Waals surface area contributed by atoms with E-state index in [0.717, 1.165) is 5.52 Å². The molecule has 0 bridgehead atoms. The van der Waals surface area contributed by atoms with E-state index in [4.69, 9.17) is 0 Å². The fourth-order valence-corrected chi connectivity index (χ4v) is 2.36. The normalized spacial score (nSPS) is 14.8. The molecule has 0 amide bonds. The van der Waals surface area contributed by atoms with Gasteiger partial charge in [-0.2, -0.15) is 5.10 Å². The molecule has 0 atom stereocenters. The van der Waals surface area contributed by atoms with Gasteiger partial charge in [-0.3, -0.25) is 4.68 Å². The number of carboxylic acid groups (broad SMARTS) is 1. The Morgan fingerprint density at radius 3 is 2.65 bits per heavy atom. The number of nitrogens with zero attached hydrogens (tertiary/aromatic N) is 2. The standard InChI is InChI=1S/C16H14N2O2/c19-16(20)13-8-5-9-15-14(13)10-17-18(15)11-12-6-3-1-2-4-7-12/h1-10,12H,11H2,(H,19,20). The SMILES string of the molecule is O=C(O)c1cccc2c1cnn2CC1C=CC=CC=C1. The maximum Gasteiger partial charge on any atom is 0.336 e. The van der Waals surface area contributed by atoms with Crippen LogP contribution in [0.4, 0.5) is 0 Å². The van der Waals surface area contributed by atoms with Gasteiger partial charge in [0, 0.05) is 11.3 Å². The Morgan fingerprint density at radius 2 is 1.95 bits per heavy atom. The summed E-state index contributed by atoms with van der Waals surface area (Å²) in [5, 5.41) is 14.2. The highest BCUT2D eigenvalue weighted by Crippen LogP contribution is 2.20. The Morgan fingerprint density at radius 1 is 1.20 bits per heavy atom. The fraction of sp³-hybridized carbons (Fsp3) is 0.125. The highest BCUT2D eigenvalue weighted by molar-refractivity contribution is 6.02. The van der Waals surface area contributed by atoms with Crippen LogP contribution in [0.3, 0.4) is 0 Å². The lowest BCUT2D eigenvalue weighted by atomic mass is 10.1. The number of carbonyl (C=O) groups is 1. The van der Waals surface area contributed by atoms with Crippen LogP contribution in [0, 0.1) is 5.92 Å². The van der Waals surface area contributed by atoms with Crippen molar-refractivity contribution in [1.29, 1.82) is 0 Å². The van der Waals surface area contributed by atoms with Crippen LogP contribution in [0.1, 0.15) is 10.4 Å². The van der Waals surface area contributed by atoms with E-state index in [9.17, 15) is 9.90 Å². The van der Waals surface area contributed by atoms with Gasteiger partial charge in [0.2, 0.25) is 0 Å². The van der Waals surface area contributed by atoms with Crippen molar-refractivity contribution in [1.82, 2.24) is 9.78 Å². The molecule has 0 fully saturated rings. The van der Waals surface area contributed by atoms with Crippen LogP contribution < -0.4 is 0 Å². The molecule has 0 radical (unpaired) electrons. The number of rotatable bonds is 3. The summed E-state index contributed by atoms with van der Waals surface area (Å²) in [7, 11) is 0. The highest BCUT2D eigenvalue weighted by atomic mass is 16.4. The molecule has 0 saturated heterocycles. The summed E-state index contributed by atoms with van der Waals surface area (Å²) >= 11 is 0. The second-order valence-electron chi connectivity index (χ2n) is 4.69. The summed E-state index contributed by atoms with van der Waals surface area (Å²) in [5.74, 6) is -0.671. The summed E-state index contributed by atoms with van der Waals surface area (Å²) < 4.78 is 1.85. The minimum Gasteiger partial charge on any atom is -0.478 e. The van der Waals surface area contributed by atoms with Gasteiger partial charge < -0.3 is 5.11 Å². The number of hydrogen-bond donors (Lipinski definition) is 1. The summed E-state index contributed by atoms with van der Waals surface area (Å²) in [6.07, 6.45) is 13.8. The topological polar surface area (TPSA) is 55.1 Å². The third-order valence-electron chi connectivity index (χ3n) is 3.35. The van der Waals surface area contributed by atoms with Crippen molar-refractivity contribution in [3.05, 3.63) is 66.4 Å². The molecule has 3 rings (SSSR count). The Bertz CT molecular complexity index is 722. The molecule has 1 aliphatic rings. The lowest BCUT2D eigenvalue weighted by molar-refractivity contribution is 0.0699. The van der Waals surface area contributed by atoms with Crippen LogP contribution in [-0.2, 0) is 6.54 Å². The van der Waals surface area contributed by atoms with Gasteiger partial charge in [0.25, 0.3) is 0 Å². The largest absolute Gasteiger partial charge is 0.478 e. The number of hydrogen-bond acceptors (Lipinski definition) is 2. The summed E-state index contributed by atoms with van der Waals surface area (Å²) in [4.78, 5) is 11.2. The number of allylic oxidation sites excluding steroid dienone is 6. The van der Waals surface area contributed by atoms with Gasteiger partial charge in [0.05, 0.1) is 23.8 Å². The summed E-state index contributed by atoms with van der Waals surface area (Å²) in [5.41, 5.74) is 1.14. The van der Waals surface area contributed by atoms with Crippen molar-refractivity contribution in [2.24, 2.45) is 5.92 Å². The summed E-state index contributed by atoms with van der Waals surface area (Å²) in [6.45, 7) is 0.696. The van der Waals surface area contributed by atoms with Crippen molar-refractivity contribution in [3.63, 3.8) is 0 Å². The van der Waals surface area contributed by atoms with Crippen molar-refractivity contribution in [2.75, 3.05) is 0 Å². The third kappa shape index (κ3) is 2.28. The molecule has 20 heavy (non-hydrogen) atoms. The van der Waals surface area contributed by atoms with Crippen LogP contribution in [0.5, 0.6) is 0 Å². The minimum atomic E-state index is -0.923. The van der Waals surface area contributed by atoms with Gasteiger partial charge in [-0.05, 0) is 12.1 Å². The molecule has 2 aromatic rings. The molecular formula is C16H14N2O2. The monoisotopic (exact) mass is 266 g/mol. The van der Waals surface area contributed by atoms with E-state index in [-0.39, 0.29) is 5.92 Å². The van der Waals surface area contributed by atoms with E-state index in [1.54, 1.807) is 18.3 Å². The Balaban J connectivity index is 1.97. The van der Waals surface area contributed by atoms with E-state index >= 15 is 0 Å². The molecule has 1 aromatic heterocycles. The quantitative estimate of drug-likeness (QED) is 0.929. The van der Waals surface area contributed by atoms with Crippen LogP contribution in [-0.4, -0.2) is 20.9 Å². The molecule has 0 spiro atoms. The smallest absolute Gasteiger partial charge is 0.336 e. The fourth-order valence-electron chi connectivity index (χ4n) is 2.36. The maximum atomic E-state index is 11.2. The van der Waals surface area contributed by atoms with Gasteiger partial charge in [-0.1, -0.05) is 42.5 Å². The molecule has 1 heterocycles. The molecule has 0 unspecified atom stereocenters. The van der Waals surface area contributed by atoms with Crippen molar-refractivity contribution < 1.29 is 9.90 Å². The van der Waals surface area contributed by atoms with Crippen LogP contribution in [0.15, 0.2) is 60.9 Å². The number of fused-ring (bicyclic) bond motifs is 1. The molecule has 4 heteroatoms. The Labute approximate surface area is 116 Å². The molecule has 1 N–H and O–H groups in total. The zero-order valence-corrected chi connectivity index (χ0v) is 10.8. The van der Waals surface area contributed by atoms with E-state index in [1.165, 1.54) is 0 Å². The Hall–Kier alpha value is -2.62. The average molecular weight is 266 g/mol. The minimum absolute atomic E-state index is 0.251. The van der Waals surface area contributed by atoms with Crippen LogP contribution in [0.25, 0.3) is 10.9 Å². The number of aromatic nitrogens is 2. The average Bonchev–Trinajstić information content (AvgIpc) is 2.68. The zero-order chi connectivity index (χ0) is 13.9. The molecular weight excluding hydrogens is 252 g/mol. The van der Waals surface area contributed by atoms with E-state index < -0.39 is 5.97 Å². The predicted molar refractivity (Wildman–Crippen MR) is 77.6 cm³/mol. The van der Waals surface area contributed by atoms with Crippen molar-refractivity contribution >= 4 is 16.9 Å². The lowest BCUT2D eigenvalue weighted by Gasteiger charge is -2.09. The van der Waals surface area contributed by atoms with Gasteiger partial charge >= 0.3 is 5.97 Å². The molecule has 100 valence electrons. The second-order valence-corrected chi connectivity index (χ2v) is 4.69. The number of carboxylic acids is 1. The molecule has 1 aromatic carbocycles. The number of benzene rings is 1. The molecule has 1 aliphatic carbocycles. The predicted octanol–water partition coefficient (Wildman–Crippen LogP) is 3.03. The van der Waals surface area contributed by atoms with E-state index in [1.807, 2.05) is 35.1 Å². The van der Waals surface area contributed by atoms with Crippen LogP contribution >= 0.6 is 0 Å². The first-order valence-electron chi connectivity index (χ1n) is 6.45. The first-order valence-corrected chi connectivity index (χ1v) is 6.45. The van der Waals surface area contributed by atoms with E-state index in [0.29, 0.717) is 17.5 Å². The van der Waals surface area contributed by atoms with Crippen LogP contribution in [0.2, 0.25) is 0 Å². The van der Waals surface area contributed by atoms with Gasteiger partial charge in [-0.15, -0.1) is 0 Å². The Kier molecular flexibility index (Phi) is 3.21. The first-order chi connectivity index (χ1) is 9.75. The van der Waals surface area contributed by atoms with Gasteiger partial charge in [0.1, 0.15) is 0 Å². The van der Waals surface area contributed by atoms with Gasteiger partial charge in [0.15, 0.2) is 0 Å². The van der Waals surface area contributed by atoms with Crippen molar-refractivity contribution in [2.45, 2.75) is 6.54 Å².